The number of rotatable bonds is 2. The zero-order valence-electron chi connectivity index (χ0n) is 8.74. The van der Waals surface area contributed by atoms with Crippen molar-refractivity contribution < 1.29 is 0 Å². The summed E-state index contributed by atoms with van der Waals surface area (Å²) in [7, 11) is 0. The van der Waals surface area contributed by atoms with Crippen molar-refractivity contribution in [3.63, 3.8) is 0 Å². The molecule has 1 aromatic heterocycles. The molecule has 0 aliphatic heterocycles. The van der Waals surface area contributed by atoms with Crippen molar-refractivity contribution in [1.29, 1.82) is 0 Å². The SMILES string of the molecule is Cc1ccc(C)c(Cn2cnc(I)n2)c1. The predicted octanol–water partition coefficient (Wildman–Crippen LogP) is 2.55. The number of aromatic nitrogens is 3. The maximum atomic E-state index is 4.27. The van der Waals surface area contributed by atoms with Crippen LogP contribution in [0.1, 0.15) is 16.7 Å². The fourth-order valence-corrected chi connectivity index (χ4v) is 1.89. The highest BCUT2D eigenvalue weighted by molar-refractivity contribution is 14.1. The molecule has 0 bridgehead atoms. The summed E-state index contributed by atoms with van der Waals surface area (Å²) in [4.78, 5) is 4.10. The third kappa shape index (κ3) is 2.56. The first kappa shape index (κ1) is 10.6. The number of nitrogens with zero attached hydrogens (tertiary/aromatic N) is 3. The maximum absolute atomic E-state index is 4.27. The molecule has 0 fully saturated rings. The largest absolute Gasteiger partial charge is 0.247 e. The van der Waals surface area contributed by atoms with Gasteiger partial charge in [-0.15, -0.1) is 5.10 Å². The van der Waals surface area contributed by atoms with Crippen LogP contribution in [0.25, 0.3) is 0 Å². The quantitative estimate of drug-likeness (QED) is 0.798. The van der Waals surface area contributed by atoms with Crippen LogP contribution < -0.4 is 0 Å². The van der Waals surface area contributed by atoms with Crippen molar-refractivity contribution in [3.05, 3.63) is 45.0 Å². The van der Waals surface area contributed by atoms with Crippen molar-refractivity contribution in [2.75, 3.05) is 0 Å². The smallest absolute Gasteiger partial charge is 0.211 e. The number of hydrogen-bond donors (Lipinski definition) is 0. The molecule has 2 aromatic rings. The Bertz CT molecular complexity index is 476. The standard InChI is InChI=1S/C11H12IN3/c1-8-3-4-9(2)10(5-8)6-15-7-13-11(12)14-15/h3-5,7H,6H2,1-2H3. The van der Waals surface area contributed by atoms with Gasteiger partial charge in [0.05, 0.1) is 6.54 Å². The van der Waals surface area contributed by atoms with Crippen molar-refractivity contribution >= 4 is 22.6 Å². The Morgan fingerprint density at radius 1 is 1.33 bits per heavy atom. The molecule has 3 nitrogen and oxygen atoms in total. The topological polar surface area (TPSA) is 30.7 Å². The maximum Gasteiger partial charge on any atom is 0.211 e. The van der Waals surface area contributed by atoms with Crippen molar-refractivity contribution in [1.82, 2.24) is 14.8 Å². The number of hydrogen-bond acceptors (Lipinski definition) is 2. The lowest BCUT2D eigenvalue weighted by Crippen LogP contribution is -2.02. The van der Waals surface area contributed by atoms with Crippen LogP contribution in [0.15, 0.2) is 24.5 Å². The molecule has 0 spiro atoms. The Morgan fingerprint density at radius 2 is 2.13 bits per heavy atom. The lowest BCUT2D eigenvalue weighted by molar-refractivity contribution is 0.677. The average Bonchev–Trinajstić information content (AvgIpc) is 2.58. The van der Waals surface area contributed by atoms with Crippen LogP contribution in [-0.2, 0) is 6.54 Å². The molecule has 0 atom stereocenters. The minimum absolute atomic E-state index is 0.790. The molecule has 0 amide bonds. The molecule has 0 radical (unpaired) electrons. The Hall–Kier alpha value is -0.910. The number of halogens is 1. The first-order chi connectivity index (χ1) is 7.15. The summed E-state index contributed by atoms with van der Waals surface area (Å²) in [5.41, 5.74) is 3.88. The number of benzene rings is 1. The Labute approximate surface area is 103 Å². The molecule has 78 valence electrons. The molecule has 0 aliphatic carbocycles. The zero-order valence-corrected chi connectivity index (χ0v) is 10.9. The van der Waals surface area contributed by atoms with Crippen LogP contribution in [0.4, 0.5) is 0 Å². The minimum atomic E-state index is 0.790. The molecule has 0 unspecified atom stereocenters. The van der Waals surface area contributed by atoms with Gasteiger partial charge in [0.15, 0.2) is 0 Å². The normalized spacial score (nSPS) is 10.6. The third-order valence-corrected chi connectivity index (χ3v) is 2.84. The van der Waals surface area contributed by atoms with Gasteiger partial charge < -0.3 is 0 Å². The van der Waals surface area contributed by atoms with Gasteiger partial charge in [0.2, 0.25) is 3.83 Å². The second kappa shape index (κ2) is 4.30. The van der Waals surface area contributed by atoms with Crippen LogP contribution in [0.5, 0.6) is 0 Å². The van der Waals surface area contributed by atoms with Gasteiger partial charge in [-0.25, -0.2) is 9.67 Å². The van der Waals surface area contributed by atoms with Gasteiger partial charge in [0.25, 0.3) is 0 Å². The van der Waals surface area contributed by atoms with Crippen LogP contribution in [0.2, 0.25) is 0 Å². The van der Waals surface area contributed by atoms with Gasteiger partial charge in [-0.05, 0) is 25.0 Å². The summed E-state index contributed by atoms with van der Waals surface area (Å²) in [5.74, 6) is 0. The molecule has 0 N–H and O–H groups in total. The van der Waals surface area contributed by atoms with Crippen molar-refractivity contribution in [3.8, 4) is 0 Å². The van der Waals surface area contributed by atoms with Gasteiger partial charge in [0.1, 0.15) is 6.33 Å². The first-order valence-electron chi connectivity index (χ1n) is 4.76. The van der Waals surface area contributed by atoms with Crippen LogP contribution >= 0.6 is 22.6 Å². The molecule has 1 aromatic carbocycles. The average molecular weight is 313 g/mol. The summed E-state index contributed by atoms with van der Waals surface area (Å²) in [5, 5.41) is 4.27. The summed E-state index contributed by atoms with van der Waals surface area (Å²) in [6, 6.07) is 6.47. The Morgan fingerprint density at radius 3 is 2.80 bits per heavy atom. The van der Waals surface area contributed by atoms with E-state index < -0.39 is 0 Å². The zero-order chi connectivity index (χ0) is 10.8. The predicted molar refractivity (Wildman–Crippen MR) is 67.8 cm³/mol. The van der Waals surface area contributed by atoms with E-state index in [0.717, 1.165) is 10.4 Å². The Balaban J connectivity index is 2.27. The van der Waals surface area contributed by atoms with E-state index in [4.69, 9.17) is 0 Å². The molecular weight excluding hydrogens is 301 g/mol. The van der Waals surface area contributed by atoms with Crippen molar-refractivity contribution in [2.24, 2.45) is 0 Å². The highest BCUT2D eigenvalue weighted by atomic mass is 127. The lowest BCUT2D eigenvalue weighted by Gasteiger charge is -2.06. The molecule has 2 rings (SSSR count). The number of aryl methyl sites for hydroxylation is 2. The fraction of sp³-hybridized carbons (Fsp3) is 0.273. The summed E-state index contributed by atoms with van der Waals surface area (Å²) >= 11 is 2.12. The summed E-state index contributed by atoms with van der Waals surface area (Å²) < 4.78 is 2.65. The third-order valence-electron chi connectivity index (χ3n) is 2.35. The van der Waals surface area contributed by atoms with Gasteiger partial charge in [-0.2, -0.15) is 0 Å². The molecule has 0 aliphatic rings. The van der Waals surface area contributed by atoms with Gasteiger partial charge in [0, 0.05) is 22.6 Å². The second-order valence-electron chi connectivity index (χ2n) is 3.64. The molecule has 0 saturated carbocycles. The van der Waals surface area contributed by atoms with Gasteiger partial charge >= 0.3 is 0 Å². The van der Waals surface area contributed by atoms with E-state index in [1.54, 1.807) is 6.33 Å². The van der Waals surface area contributed by atoms with Crippen LogP contribution in [0.3, 0.4) is 0 Å². The van der Waals surface area contributed by atoms with E-state index >= 15 is 0 Å². The van der Waals surface area contributed by atoms with E-state index in [1.807, 2.05) is 4.68 Å². The van der Waals surface area contributed by atoms with E-state index in [0.29, 0.717) is 0 Å². The van der Waals surface area contributed by atoms with E-state index in [1.165, 1.54) is 16.7 Å². The molecule has 0 saturated heterocycles. The molecule has 1 heterocycles. The summed E-state index contributed by atoms with van der Waals surface area (Å²) in [6.45, 7) is 5.02. The van der Waals surface area contributed by atoms with E-state index in [9.17, 15) is 0 Å². The monoisotopic (exact) mass is 313 g/mol. The van der Waals surface area contributed by atoms with Crippen LogP contribution in [-0.4, -0.2) is 14.8 Å². The Kier molecular flexibility index (Phi) is 3.04. The second-order valence-corrected chi connectivity index (χ2v) is 4.61. The van der Waals surface area contributed by atoms with E-state index in [-0.39, 0.29) is 0 Å². The summed E-state index contributed by atoms with van der Waals surface area (Å²) in [6.07, 6.45) is 1.77. The molecular formula is C11H12IN3. The first-order valence-corrected chi connectivity index (χ1v) is 5.84. The molecule has 4 heteroatoms. The van der Waals surface area contributed by atoms with Crippen molar-refractivity contribution in [2.45, 2.75) is 20.4 Å². The highest BCUT2D eigenvalue weighted by Gasteiger charge is 2.01. The highest BCUT2D eigenvalue weighted by Crippen LogP contribution is 2.11. The minimum Gasteiger partial charge on any atom is -0.247 e. The lowest BCUT2D eigenvalue weighted by atomic mass is 10.1. The van der Waals surface area contributed by atoms with E-state index in [2.05, 4.69) is 64.7 Å². The fourth-order valence-electron chi connectivity index (χ4n) is 1.49. The van der Waals surface area contributed by atoms with Crippen LogP contribution in [0, 0.1) is 17.7 Å². The van der Waals surface area contributed by atoms with Gasteiger partial charge in [-0.3, -0.25) is 0 Å². The van der Waals surface area contributed by atoms with Gasteiger partial charge in [-0.1, -0.05) is 23.8 Å². The molecule has 15 heavy (non-hydrogen) atoms.